The maximum atomic E-state index is 2.69. The van der Waals surface area contributed by atoms with E-state index in [1.54, 1.807) is 55.7 Å². The second-order valence-corrected chi connectivity index (χ2v) is 19.5. The van der Waals surface area contributed by atoms with Crippen LogP contribution in [-0.2, 0) is 23.7 Å². The Hall–Kier alpha value is -1.99. The fraction of sp³-hybridized carbons (Fsp3) is 0.550. The van der Waals surface area contributed by atoms with E-state index in [4.69, 9.17) is 0 Å². The lowest BCUT2D eigenvalue weighted by Gasteiger charge is -2.51. The highest BCUT2D eigenvalue weighted by atomic mass is 32.3. The summed E-state index contributed by atoms with van der Waals surface area (Å²) in [6.45, 7) is 31.3. The van der Waals surface area contributed by atoms with Gasteiger partial charge in [-0.15, -0.1) is 0 Å². The zero-order valence-corrected chi connectivity index (χ0v) is 29.3. The van der Waals surface area contributed by atoms with E-state index < -0.39 is 10.0 Å². The molecule has 0 N–H and O–H groups in total. The summed E-state index contributed by atoms with van der Waals surface area (Å²) in [5.74, 6) is 2.55. The van der Waals surface area contributed by atoms with Gasteiger partial charge in [-0.3, -0.25) is 0 Å². The summed E-state index contributed by atoms with van der Waals surface area (Å²) in [5, 5.41) is 1.14. The summed E-state index contributed by atoms with van der Waals surface area (Å²) in [5.41, 5.74) is 20.6. The van der Waals surface area contributed by atoms with E-state index in [1.807, 2.05) is 0 Å². The molecule has 0 fully saturated rings. The minimum absolute atomic E-state index is 0.112. The smallest absolute Gasteiger partial charge is 0.0365 e. The van der Waals surface area contributed by atoms with Gasteiger partial charge in [0, 0.05) is 10.5 Å². The minimum atomic E-state index is -1.02. The first kappa shape index (κ1) is 30.5. The predicted octanol–water partition coefficient (Wildman–Crippen LogP) is 11.8. The Bertz CT molecular complexity index is 1430. The Morgan fingerprint density at radius 2 is 1.24 bits per heavy atom. The van der Waals surface area contributed by atoms with Crippen LogP contribution in [0.3, 0.4) is 0 Å². The van der Waals surface area contributed by atoms with Gasteiger partial charge in [0.2, 0.25) is 0 Å². The Labute approximate surface area is 254 Å². The van der Waals surface area contributed by atoms with Crippen LogP contribution in [0.5, 0.6) is 0 Å². The summed E-state index contributed by atoms with van der Waals surface area (Å²) >= 11 is 0. The van der Waals surface area contributed by atoms with Crippen LogP contribution in [-0.4, -0.2) is 16.8 Å². The molecule has 0 saturated carbocycles. The van der Waals surface area contributed by atoms with Crippen molar-refractivity contribution < 1.29 is 0 Å². The van der Waals surface area contributed by atoms with Crippen molar-refractivity contribution in [2.45, 2.75) is 131 Å². The maximum absolute atomic E-state index is 2.69. The van der Waals surface area contributed by atoms with Gasteiger partial charge in [0.15, 0.2) is 0 Å². The summed E-state index contributed by atoms with van der Waals surface area (Å²) in [4.78, 5) is 0. The lowest BCUT2D eigenvalue weighted by molar-refractivity contribution is 0.569. The molecule has 1 atom stereocenters. The zero-order chi connectivity index (χ0) is 30.2. The molecular formula is C40H56S. The quantitative estimate of drug-likeness (QED) is 0.336. The molecule has 2 aromatic carbocycles. The van der Waals surface area contributed by atoms with Crippen molar-refractivity contribution in [3.63, 3.8) is 0 Å². The van der Waals surface area contributed by atoms with Crippen LogP contribution in [0.15, 0.2) is 52.1 Å². The number of hydrogen-bond donors (Lipinski definition) is 0. The lowest BCUT2D eigenvalue weighted by Crippen LogP contribution is -2.29. The predicted molar refractivity (Wildman–Crippen MR) is 187 cm³/mol. The molecular weight excluding hydrogens is 513 g/mol. The van der Waals surface area contributed by atoms with Crippen LogP contribution < -0.4 is 0 Å². The van der Waals surface area contributed by atoms with E-state index >= 15 is 0 Å². The summed E-state index contributed by atoms with van der Waals surface area (Å²) < 4.78 is 0. The minimum Gasteiger partial charge on any atom is -0.221 e. The summed E-state index contributed by atoms with van der Waals surface area (Å²) in [6, 6.07) is 10.3. The van der Waals surface area contributed by atoms with Gasteiger partial charge in [0.05, 0.1) is 0 Å². The number of aryl methyl sites for hydroxylation is 1. The topological polar surface area (TPSA) is 0 Å². The molecule has 222 valence electrons. The number of benzene rings is 2. The largest absolute Gasteiger partial charge is 0.221 e. The van der Waals surface area contributed by atoms with Crippen molar-refractivity contribution in [2.24, 2.45) is 0 Å². The molecule has 0 nitrogen and oxygen atoms in total. The van der Waals surface area contributed by atoms with Crippen molar-refractivity contribution in [1.82, 2.24) is 0 Å². The third-order valence-electron chi connectivity index (χ3n) is 11.0. The van der Waals surface area contributed by atoms with E-state index in [9.17, 15) is 0 Å². The molecule has 0 bridgehead atoms. The van der Waals surface area contributed by atoms with Gasteiger partial charge in [-0.25, -0.2) is 10.0 Å². The molecule has 0 saturated heterocycles. The third kappa shape index (κ3) is 4.74. The van der Waals surface area contributed by atoms with Gasteiger partial charge in [-0.2, -0.15) is 0 Å². The van der Waals surface area contributed by atoms with Gasteiger partial charge >= 0.3 is 0 Å². The monoisotopic (exact) mass is 568 g/mol. The Morgan fingerprint density at radius 1 is 0.707 bits per heavy atom. The fourth-order valence-electron chi connectivity index (χ4n) is 8.32. The van der Waals surface area contributed by atoms with E-state index in [-0.39, 0.29) is 10.8 Å². The number of fused-ring (bicyclic) bond motifs is 2. The van der Waals surface area contributed by atoms with Crippen LogP contribution in [0.4, 0.5) is 0 Å². The van der Waals surface area contributed by atoms with E-state index in [0.717, 1.165) is 0 Å². The molecule has 1 heteroatoms. The average molecular weight is 569 g/mol. The highest BCUT2D eigenvalue weighted by molar-refractivity contribution is 8.34. The number of allylic oxidation sites excluding steroid dienone is 2. The Morgan fingerprint density at radius 3 is 1.73 bits per heavy atom. The molecule has 0 aliphatic heterocycles. The highest BCUT2D eigenvalue weighted by Crippen LogP contribution is 2.72. The first-order valence-electron chi connectivity index (χ1n) is 16.2. The van der Waals surface area contributed by atoms with Crippen LogP contribution >= 0.6 is 10.0 Å². The van der Waals surface area contributed by atoms with Crippen molar-refractivity contribution >= 4 is 16.1 Å². The second kappa shape index (κ2) is 10.3. The summed E-state index contributed by atoms with van der Waals surface area (Å²) in [7, 11) is -1.02. The van der Waals surface area contributed by atoms with Crippen LogP contribution in [0.1, 0.15) is 135 Å². The molecule has 0 aromatic heterocycles. The normalized spacial score (nSPS) is 20.2. The molecule has 0 amide bonds. The van der Waals surface area contributed by atoms with Gasteiger partial charge in [-0.05, 0) is 132 Å². The Kier molecular flexibility index (Phi) is 7.67. The lowest BCUT2D eigenvalue weighted by atomic mass is 9.77. The summed E-state index contributed by atoms with van der Waals surface area (Å²) in [6.07, 6.45) is 6.36. The van der Waals surface area contributed by atoms with Crippen molar-refractivity contribution in [1.29, 1.82) is 0 Å². The SMILES string of the molecule is CCS(CC)(C1C(C)=C(C)C(C)=C1C)C1C(C)=Cc2c1cc1c(c2-c2cc(C(C)(C)C)cc(C(C)(C)C)c2)CCC1. The first-order valence-corrected chi connectivity index (χ1v) is 18.3. The second-order valence-electron chi connectivity index (χ2n) is 15.4. The molecule has 3 aliphatic carbocycles. The van der Waals surface area contributed by atoms with Crippen molar-refractivity contribution in [3.8, 4) is 11.1 Å². The van der Waals surface area contributed by atoms with E-state index in [2.05, 4.69) is 120 Å². The number of hydrogen-bond acceptors (Lipinski definition) is 0. The van der Waals surface area contributed by atoms with Gasteiger partial charge < -0.3 is 0 Å². The molecule has 2 aromatic rings. The van der Waals surface area contributed by atoms with Crippen molar-refractivity contribution in [3.05, 3.63) is 85.5 Å². The molecule has 1 unspecified atom stereocenters. The van der Waals surface area contributed by atoms with E-state index in [0.29, 0.717) is 10.5 Å². The standard InChI is InChI=1S/C40H56S/c1-14-41(15-2,38-27(6)25(4)26(5)28(38)7)37-24(3)19-34-35(37)22-29-17-16-18-33(29)36(34)30-20-31(39(8,9)10)23-32(21-30)40(11,12)13/h19-23,37-38H,14-18H2,1-13H3. The average Bonchev–Trinajstić information content (AvgIpc) is 3.55. The fourth-order valence-corrected chi connectivity index (χ4v) is 13.6. The zero-order valence-electron chi connectivity index (χ0n) is 28.5. The molecule has 41 heavy (non-hydrogen) atoms. The van der Waals surface area contributed by atoms with Crippen LogP contribution in [0.2, 0.25) is 0 Å². The maximum Gasteiger partial charge on any atom is 0.0365 e. The number of rotatable bonds is 5. The molecule has 0 radical (unpaired) electrons. The Balaban J connectivity index is 1.80. The van der Waals surface area contributed by atoms with Crippen LogP contribution in [0, 0.1) is 0 Å². The molecule has 0 spiro atoms. The van der Waals surface area contributed by atoms with Crippen LogP contribution in [0.25, 0.3) is 17.2 Å². The van der Waals surface area contributed by atoms with E-state index in [1.165, 1.54) is 47.5 Å². The first-order chi connectivity index (χ1) is 19.1. The molecule has 3 aliphatic rings. The van der Waals surface area contributed by atoms with Crippen molar-refractivity contribution in [2.75, 3.05) is 11.5 Å². The molecule has 0 heterocycles. The molecule has 5 rings (SSSR count). The van der Waals surface area contributed by atoms with Gasteiger partial charge in [-0.1, -0.05) is 102 Å². The van der Waals surface area contributed by atoms with Gasteiger partial charge in [0.25, 0.3) is 0 Å². The highest BCUT2D eigenvalue weighted by Gasteiger charge is 2.46. The van der Waals surface area contributed by atoms with Gasteiger partial charge in [0.1, 0.15) is 0 Å². The third-order valence-corrected chi connectivity index (χ3v) is 16.4.